The normalized spacial score (nSPS) is 14.3. The molecule has 0 fully saturated rings. The Morgan fingerprint density at radius 2 is 1.60 bits per heavy atom. The molecule has 0 saturated heterocycles. The molecule has 1 aliphatic heterocycles. The van der Waals surface area contributed by atoms with E-state index in [1.165, 1.54) is 18.2 Å². The summed E-state index contributed by atoms with van der Waals surface area (Å²) in [6.07, 6.45) is 3.30. The van der Waals surface area contributed by atoms with Crippen molar-refractivity contribution in [2.45, 2.75) is 32.3 Å². The molecule has 0 spiro atoms. The van der Waals surface area contributed by atoms with Gasteiger partial charge in [0.15, 0.2) is 0 Å². The number of nitro groups is 3. The first-order chi connectivity index (χ1) is 14.1. The molecule has 0 unspecified atom stereocenters. The van der Waals surface area contributed by atoms with Gasteiger partial charge in [-0.1, -0.05) is 13.8 Å². The number of ether oxygens (including phenoxy) is 1. The maximum atomic E-state index is 12.8. The van der Waals surface area contributed by atoms with Crippen molar-refractivity contribution in [2.75, 3.05) is 0 Å². The number of hydrogen-bond acceptors (Lipinski definition) is 8. The quantitative estimate of drug-likeness (QED) is 0.511. The Morgan fingerprint density at radius 1 is 0.967 bits per heavy atom. The summed E-state index contributed by atoms with van der Waals surface area (Å²) in [5.41, 5.74) is -3.79. The van der Waals surface area contributed by atoms with Crippen molar-refractivity contribution in [2.24, 2.45) is 0 Å². The first-order valence-corrected chi connectivity index (χ1v) is 8.89. The van der Waals surface area contributed by atoms with Crippen LogP contribution in [0.25, 0.3) is 5.70 Å². The summed E-state index contributed by atoms with van der Waals surface area (Å²) >= 11 is 0. The zero-order valence-corrected chi connectivity index (χ0v) is 15.9. The third-order valence-corrected chi connectivity index (χ3v) is 5.01. The van der Waals surface area contributed by atoms with E-state index in [4.69, 9.17) is 4.74 Å². The van der Waals surface area contributed by atoms with Gasteiger partial charge in [0.25, 0.3) is 11.4 Å². The first-order valence-electron chi connectivity index (χ1n) is 8.89. The van der Waals surface area contributed by atoms with Gasteiger partial charge in [0.2, 0.25) is 0 Å². The summed E-state index contributed by atoms with van der Waals surface area (Å²) in [6.45, 7) is 3.65. The Kier molecular flexibility index (Phi) is 5.08. The number of pyridine rings is 1. The second-order valence-corrected chi connectivity index (χ2v) is 6.61. The highest BCUT2D eigenvalue weighted by Gasteiger charge is 2.35. The van der Waals surface area contributed by atoms with Gasteiger partial charge in [-0.05, 0) is 25.0 Å². The fraction of sp³-hybridized carbons (Fsp3) is 0.278. The molecule has 12 heteroatoms. The summed E-state index contributed by atoms with van der Waals surface area (Å²) in [7, 11) is 0. The van der Waals surface area contributed by atoms with Crippen molar-refractivity contribution in [3.05, 3.63) is 82.8 Å². The molecule has 0 amide bonds. The monoisotopic (exact) mass is 416 g/mol. The van der Waals surface area contributed by atoms with Crippen LogP contribution in [0.5, 0.6) is 5.75 Å². The molecule has 2 aromatic rings. The fourth-order valence-electron chi connectivity index (χ4n) is 3.26. The number of nitro benzene ring substituents is 1. The van der Waals surface area contributed by atoms with Gasteiger partial charge >= 0.3 is 11.2 Å². The highest BCUT2D eigenvalue weighted by Crippen LogP contribution is 2.41. The Labute approximate surface area is 168 Å². The van der Waals surface area contributed by atoms with E-state index in [1.807, 2.05) is 13.8 Å². The van der Waals surface area contributed by atoms with Gasteiger partial charge in [-0.3, -0.25) is 39.7 Å². The number of benzene rings is 1. The van der Waals surface area contributed by atoms with Gasteiger partial charge in [0, 0.05) is 17.7 Å². The molecule has 0 aliphatic carbocycles. The van der Waals surface area contributed by atoms with E-state index in [0.29, 0.717) is 18.9 Å². The van der Waals surface area contributed by atoms with Gasteiger partial charge in [-0.15, -0.1) is 0 Å². The minimum Gasteiger partial charge on any atom is -0.482 e. The molecule has 1 aromatic carbocycles. The maximum Gasteiger partial charge on any atom is 0.341 e. The molecule has 1 aliphatic rings. The molecule has 30 heavy (non-hydrogen) atoms. The lowest BCUT2D eigenvalue weighted by Crippen LogP contribution is -2.37. The Bertz CT molecular complexity index is 1160. The van der Waals surface area contributed by atoms with Gasteiger partial charge in [0.1, 0.15) is 17.4 Å². The minimum absolute atomic E-state index is 0.0421. The van der Waals surface area contributed by atoms with E-state index >= 15 is 0 Å². The Hall–Kier alpha value is -4.09. The van der Waals surface area contributed by atoms with Crippen molar-refractivity contribution >= 4 is 22.8 Å². The van der Waals surface area contributed by atoms with E-state index in [-0.39, 0.29) is 22.7 Å². The highest BCUT2D eigenvalue weighted by atomic mass is 16.6. The molecule has 156 valence electrons. The van der Waals surface area contributed by atoms with E-state index in [1.54, 1.807) is 0 Å². The van der Waals surface area contributed by atoms with Crippen LogP contribution in [0.3, 0.4) is 0 Å². The predicted molar refractivity (Wildman–Crippen MR) is 104 cm³/mol. The number of nitrogens with zero attached hydrogens (tertiary/aromatic N) is 4. The lowest BCUT2D eigenvalue weighted by Gasteiger charge is -2.35. The molecule has 0 atom stereocenters. The van der Waals surface area contributed by atoms with Crippen LogP contribution >= 0.6 is 0 Å². The smallest absolute Gasteiger partial charge is 0.341 e. The van der Waals surface area contributed by atoms with Gasteiger partial charge in [-0.2, -0.15) is 0 Å². The van der Waals surface area contributed by atoms with Crippen LogP contribution < -0.4 is 10.3 Å². The van der Waals surface area contributed by atoms with Gasteiger partial charge in [-0.25, -0.2) is 0 Å². The molecule has 0 bridgehead atoms. The second-order valence-electron chi connectivity index (χ2n) is 6.61. The standard InChI is InChI=1S/C18H16N4O8/c1-3-18(4-2)9-15(13-7-11(20(24)25)5-6-16(13)30-18)19-10-12(21(26)27)8-14(17(19)23)22(28)29/h5-10H,3-4H2,1-2H3. The summed E-state index contributed by atoms with van der Waals surface area (Å²) < 4.78 is 6.80. The average Bonchev–Trinajstić information content (AvgIpc) is 2.72. The van der Waals surface area contributed by atoms with Crippen molar-refractivity contribution in [1.29, 1.82) is 0 Å². The molecular weight excluding hydrogens is 400 g/mol. The van der Waals surface area contributed by atoms with Crippen LogP contribution in [0.15, 0.2) is 41.3 Å². The molecule has 12 nitrogen and oxygen atoms in total. The van der Waals surface area contributed by atoms with Crippen molar-refractivity contribution < 1.29 is 19.5 Å². The van der Waals surface area contributed by atoms with Crippen molar-refractivity contribution in [3.63, 3.8) is 0 Å². The van der Waals surface area contributed by atoms with E-state index < -0.39 is 37.3 Å². The molecule has 0 N–H and O–H groups in total. The number of rotatable bonds is 6. The molecule has 2 heterocycles. The Morgan fingerprint density at radius 3 is 2.13 bits per heavy atom. The van der Waals surface area contributed by atoms with E-state index in [2.05, 4.69) is 0 Å². The van der Waals surface area contributed by atoms with Crippen LogP contribution in [0.2, 0.25) is 0 Å². The van der Waals surface area contributed by atoms with E-state index in [0.717, 1.165) is 16.8 Å². The molecule has 0 radical (unpaired) electrons. The SMILES string of the molecule is CCC1(CC)C=C(n2cc([N+](=O)[O-])cc([N+](=O)[O-])c2=O)c2cc([N+](=O)[O-])ccc2O1. The molecule has 1 aromatic heterocycles. The van der Waals surface area contributed by atoms with Gasteiger partial charge in [0.05, 0.1) is 26.7 Å². The zero-order valence-electron chi connectivity index (χ0n) is 15.9. The highest BCUT2D eigenvalue weighted by molar-refractivity contribution is 5.76. The molecule has 3 rings (SSSR count). The molecule has 0 saturated carbocycles. The number of fused-ring (bicyclic) bond motifs is 1. The largest absolute Gasteiger partial charge is 0.482 e. The minimum atomic E-state index is -1.10. The van der Waals surface area contributed by atoms with Crippen LogP contribution in [-0.2, 0) is 0 Å². The predicted octanol–water partition coefficient (Wildman–Crippen LogP) is 3.41. The second kappa shape index (κ2) is 7.39. The van der Waals surface area contributed by atoms with Crippen molar-refractivity contribution in [1.82, 2.24) is 4.57 Å². The van der Waals surface area contributed by atoms with E-state index in [9.17, 15) is 35.1 Å². The lowest BCUT2D eigenvalue weighted by molar-refractivity contribution is -0.395. The van der Waals surface area contributed by atoms with Crippen LogP contribution in [-0.4, -0.2) is 24.9 Å². The average molecular weight is 416 g/mol. The summed E-state index contributed by atoms with van der Waals surface area (Å²) in [5, 5.41) is 33.8. The number of hydrogen-bond donors (Lipinski definition) is 0. The third-order valence-electron chi connectivity index (χ3n) is 5.01. The first kappa shape index (κ1) is 20.6. The van der Waals surface area contributed by atoms with Crippen LogP contribution in [0, 0.1) is 30.3 Å². The topological polar surface area (TPSA) is 161 Å². The van der Waals surface area contributed by atoms with Gasteiger partial charge < -0.3 is 4.74 Å². The number of non-ortho nitro benzene ring substituents is 1. The van der Waals surface area contributed by atoms with Crippen LogP contribution in [0.4, 0.5) is 17.1 Å². The summed E-state index contributed by atoms with van der Waals surface area (Å²) in [5.74, 6) is 0.225. The number of aromatic nitrogens is 1. The lowest BCUT2D eigenvalue weighted by atomic mass is 9.90. The summed E-state index contributed by atoms with van der Waals surface area (Å²) in [6, 6.07) is 4.35. The molecular formula is C18H16N4O8. The third kappa shape index (κ3) is 3.38. The maximum absolute atomic E-state index is 12.8. The summed E-state index contributed by atoms with van der Waals surface area (Å²) in [4.78, 5) is 44.1. The zero-order chi connectivity index (χ0) is 22.2. The Balaban J connectivity index is 2.40. The van der Waals surface area contributed by atoms with Crippen molar-refractivity contribution in [3.8, 4) is 5.75 Å². The van der Waals surface area contributed by atoms with Crippen LogP contribution in [0.1, 0.15) is 32.3 Å². The fourth-order valence-corrected chi connectivity index (χ4v) is 3.26.